The van der Waals surface area contributed by atoms with Crippen molar-refractivity contribution in [2.45, 2.75) is 0 Å². The van der Waals surface area contributed by atoms with Crippen LogP contribution in [-0.4, -0.2) is 50.6 Å². The first kappa shape index (κ1) is 8.61. The molecule has 1 aromatic rings. The van der Waals surface area contributed by atoms with Crippen LogP contribution in [0.1, 0.15) is 10.6 Å². The van der Waals surface area contributed by atoms with E-state index in [0.29, 0.717) is 0 Å². The third-order valence-electron chi connectivity index (χ3n) is 0.635. The van der Waals surface area contributed by atoms with Gasteiger partial charge in [-0.1, -0.05) is 0 Å². The average molecular weight is 136 g/mol. The summed E-state index contributed by atoms with van der Waals surface area (Å²) in [6, 6.07) is 0. The summed E-state index contributed by atoms with van der Waals surface area (Å²) < 4.78 is 0. The van der Waals surface area contributed by atoms with Crippen LogP contribution in [0, 0.1) is 0 Å². The van der Waals surface area contributed by atoms with Crippen LogP contribution < -0.4 is 5.73 Å². The van der Waals surface area contributed by atoms with Crippen molar-refractivity contribution in [3.63, 3.8) is 0 Å². The zero-order valence-electron chi connectivity index (χ0n) is 3.96. The van der Waals surface area contributed by atoms with Crippen LogP contribution in [0.2, 0.25) is 0 Å². The van der Waals surface area contributed by atoms with Crippen LogP contribution in [0.4, 0.5) is 0 Å². The van der Waals surface area contributed by atoms with Gasteiger partial charge in [-0.2, -0.15) is 0 Å². The molecule has 1 aromatic heterocycles. The standard InChI is InChI=1S/C3H4N4O.Na.H/c4-2(8)3-5-1-6-7-3;;/h1H,(H2,4,8)(H,5,6,7);;. The van der Waals surface area contributed by atoms with Gasteiger partial charge in [0.05, 0.1) is 0 Å². The molecule has 9 heavy (non-hydrogen) atoms. The molecule has 0 spiro atoms. The molecule has 0 aliphatic rings. The van der Waals surface area contributed by atoms with E-state index in [1.165, 1.54) is 6.33 Å². The number of carbonyl (C=O) groups excluding carboxylic acids is 1. The van der Waals surface area contributed by atoms with Gasteiger partial charge in [-0.25, -0.2) is 4.98 Å². The van der Waals surface area contributed by atoms with Crippen LogP contribution in [0.3, 0.4) is 0 Å². The molecule has 1 heterocycles. The molecule has 0 saturated carbocycles. The van der Waals surface area contributed by atoms with Gasteiger partial charge in [0.25, 0.3) is 5.91 Å². The summed E-state index contributed by atoms with van der Waals surface area (Å²) in [5.74, 6) is -0.601. The number of amides is 1. The number of hydrogen-bond donors (Lipinski definition) is 2. The number of rotatable bonds is 1. The molecule has 0 radical (unpaired) electrons. The number of hydrogen-bond acceptors (Lipinski definition) is 3. The van der Waals surface area contributed by atoms with E-state index in [-0.39, 0.29) is 35.4 Å². The van der Waals surface area contributed by atoms with Gasteiger partial charge < -0.3 is 5.73 Å². The van der Waals surface area contributed by atoms with Gasteiger partial charge in [-0.3, -0.25) is 9.89 Å². The summed E-state index contributed by atoms with van der Waals surface area (Å²) in [5, 5.41) is 5.75. The van der Waals surface area contributed by atoms with Gasteiger partial charge in [-0.05, 0) is 0 Å². The van der Waals surface area contributed by atoms with E-state index in [2.05, 4.69) is 15.2 Å². The third-order valence-corrected chi connectivity index (χ3v) is 0.635. The van der Waals surface area contributed by atoms with Crippen molar-refractivity contribution >= 4 is 35.5 Å². The number of aromatic amines is 1. The van der Waals surface area contributed by atoms with Crippen LogP contribution in [-0.2, 0) is 0 Å². The maximum absolute atomic E-state index is 10.1. The summed E-state index contributed by atoms with van der Waals surface area (Å²) in [4.78, 5) is 13.6. The Bertz CT molecular complexity index is 184. The van der Waals surface area contributed by atoms with Crippen molar-refractivity contribution in [2.24, 2.45) is 5.73 Å². The van der Waals surface area contributed by atoms with E-state index in [4.69, 9.17) is 5.73 Å². The van der Waals surface area contributed by atoms with Crippen LogP contribution in [0.15, 0.2) is 6.33 Å². The quantitative estimate of drug-likeness (QED) is 0.449. The van der Waals surface area contributed by atoms with Gasteiger partial charge in [-0.15, -0.1) is 5.10 Å². The van der Waals surface area contributed by atoms with E-state index < -0.39 is 5.91 Å². The molecule has 1 rings (SSSR count). The van der Waals surface area contributed by atoms with Crippen molar-refractivity contribution in [3.05, 3.63) is 12.2 Å². The number of aromatic nitrogens is 3. The van der Waals surface area contributed by atoms with Crippen molar-refractivity contribution in [2.75, 3.05) is 0 Å². The van der Waals surface area contributed by atoms with E-state index in [0.717, 1.165) is 0 Å². The van der Waals surface area contributed by atoms with Gasteiger partial charge in [0.15, 0.2) is 0 Å². The number of nitrogens with two attached hydrogens (primary N) is 1. The van der Waals surface area contributed by atoms with Crippen molar-refractivity contribution < 1.29 is 4.79 Å². The van der Waals surface area contributed by atoms with Crippen LogP contribution >= 0.6 is 0 Å². The SMILES string of the molecule is NC(=O)c1nc[nH]n1.[NaH]. The molecule has 6 heteroatoms. The van der Waals surface area contributed by atoms with E-state index in [1.54, 1.807) is 0 Å². The Balaban J connectivity index is 0.000000640. The Morgan fingerprint density at radius 3 is 2.67 bits per heavy atom. The second kappa shape index (κ2) is 3.60. The summed E-state index contributed by atoms with van der Waals surface area (Å²) in [5.41, 5.74) is 4.77. The van der Waals surface area contributed by atoms with E-state index >= 15 is 0 Å². The first-order valence-electron chi connectivity index (χ1n) is 1.96. The third kappa shape index (κ3) is 2.13. The number of nitrogens with zero attached hydrogens (tertiary/aromatic N) is 2. The topological polar surface area (TPSA) is 84.7 Å². The molecule has 0 bridgehead atoms. The monoisotopic (exact) mass is 136 g/mol. The summed E-state index contributed by atoms with van der Waals surface area (Å²) in [6.45, 7) is 0. The fourth-order valence-corrected chi connectivity index (χ4v) is 0.328. The van der Waals surface area contributed by atoms with Gasteiger partial charge in [0.1, 0.15) is 6.33 Å². The zero-order valence-corrected chi connectivity index (χ0v) is 3.96. The minimum atomic E-state index is -0.619. The molecule has 1 amide bonds. The molecule has 0 atom stereocenters. The second-order valence-corrected chi connectivity index (χ2v) is 1.19. The Hall–Kier alpha value is -0.390. The normalized spacial score (nSPS) is 8.00. The van der Waals surface area contributed by atoms with Crippen LogP contribution in [0.25, 0.3) is 0 Å². The molecule has 0 unspecified atom stereocenters. The Labute approximate surface area is 73.3 Å². The Morgan fingerprint density at radius 2 is 2.44 bits per heavy atom. The first-order valence-corrected chi connectivity index (χ1v) is 1.96. The molecule has 44 valence electrons. The van der Waals surface area contributed by atoms with Crippen molar-refractivity contribution in [1.29, 1.82) is 0 Å². The molecule has 0 aromatic carbocycles. The van der Waals surface area contributed by atoms with Crippen molar-refractivity contribution in [3.8, 4) is 0 Å². The molecule has 0 aliphatic carbocycles. The van der Waals surface area contributed by atoms with Gasteiger partial charge in [0.2, 0.25) is 5.82 Å². The first-order chi connectivity index (χ1) is 3.80. The molecule has 5 nitrogen and oxygen atoms in total. The molecule has 0 saturated heterocycles. The van der Waals surface area contributed by atoms with E-state index in [9.17, 15) is 4.79 Å². The van der Waals surface area contributed by atoms with Gasteiger partial charge >= 0.3 is 29.6 Å². The van der Waals surface area contributed by atoms with E-state index in [1.807, 2.05) is 0 Å². The minimum absolute atomic E-state index is 0. The Kier molecular flexibility index (Phi) is 3.44. The molecular formula is C3H5N4NaO. The summed E-state index contributed by atoms with van der Waals surface area (Å²) >= 11 is 0. The number of H-pyrrole nitrogens is 1. The number of primary amides is 1. The van der Waals surface area contributed by atoms with Crippen molar-refractivity contribution in [1.82, 2.24) is 15.2 Å². The number of nitrogens with one attached hydrogen (secondary N) is 1. The maximum atomic E-state index is 10.1. The molecule has 0 fully saturated rings. The molecule has 3 N–H and O–H groups in total. The summed E-state index contributed by atoms with van der Waals surface area (Å²) in [7, 11) is 0. The van der Waals surface area contributed by atoms with Crippen LogP contribution in [0.5, 0.6) is 0 Å². The van der Waals surface area contributed by atoms with Gasteiger partial charge in [0, 0.05) is 0 Å². The summed E-state index contributed by atoms with van der Waals surface area (Å²) in [6.07, 6.45) is 1.29. The molecular weight excluding hydrogens is 131 g/mol. The Morgan fingerprint density at radius 1 is 1.78 bits per heavy atom. The fourth-order valence-electron chi connectivity index (χ4n) is 0.328. The number of carbonyl (C=O) groups is 1. The predicted molar refractivity (Wildman–Crippen MR) is 32.0 cm³/mol. The predicted octanol–water partition coefficient (Wildman–Crippen LogP) is -1.74. The zero-order chi connectivity index (χ0) is 5.98. The molecule has 0 aliphatic heterocycles. The fraction of sp³-hybridized carbons (Fsp3) is 0. The average Bonchev–Trinajstić information content (AvgIpc) is 2.12. The second-order valence-electron chi connectivity index (χ2n) is 1.19.